The molecule has 0 atom stereocenters. The van der Waals surface area contributed by atoms with Crippen molar-refractivity contribution in [3.63, 3.8) is 0 Å². The second-order valence-electron chi connectivity index (χ2n) is 3.77. The number of anilines is 1. The van der Waals surface area contributed by atoms with Gasteiger partial charge in [-0.25, -0.2) is 0 Å². The number of alkyl halides is 2. The molecule has 0 radical (unpaired) electrons. The number of benzene rings is 1. The van der Waals surface area contributed by atoms with Gasteiger partial charge in [0.05, 0.1) is 12.8 Å². The molecule has 1 aromatic heterocycles. The molecule has 0 unspecified atom stereocenters. The highest BCUT2D eigenvalue weighted by Gasteiger charge is 2.15. The van der Waals surface area contributed by atoms with Gasteiger partial charge in [-0.2, -0.15) is 19.3 Å². The number of halogens is 2. The van der Waals surface area contributed by atoms with E-state index in [0.717, 1.165) is 0 Å². The minimum Gasteiger partial charge on any atom is -0.493 e. The number of allylic oxidation sites excluding steroid dienone is 1. The Balaban J connectivity index is 2.31. The smallest absolute Gasteiger partial charge is 0.387 e. The normalized spacial score (nSPS) is 11.1. The summed E-state index contributed by atoms with van der Waals surface area (Å²) >= 11 is 0. The summed E-state index contributed by atoms with van der Waals surface area (Å²) in [5.74, 6) is 0.00708. The Kier molecular flexibility index (Phi) is 4.81. The minimum atomic E-state index is -3.02. The van der Waals surface area contributed by atoms with Crippen molar-refractivity contribution < 1.29 is 18.3 Å². The number of hydrogen-bond acceptors (Lipinski definition) is 7. The van der Waals surface area contributed by atoms with Gasteiger partial charge in [-0.3, -0.25) is 0 Å². The Morgan fingerprint density at radius 2 is 2.32 bits per heavy atom. The number of hydrogen-bond donors (Lipinski definition) is 2. The van der Waals surface area contributed by atoms with Crippen LogP contribution in [0.15, 0.2) is 24.4 Å². The van der Waals surface area contributed by atoms with E-state index in [1.54, 1.807) is 6.07 Å². The predicted molar refractivity (Wildman–Crippen MR) is 71.0 cm³/mol. The molecule has 0 fully saturated rings. The molecule has 8 nitrogen and oxygen atoms in total. The van der Waals surface area contributed by atoms with Crippen molar-refractivity contribution in [1.82, 2.24) is 20.6 Å². The lowest BCUT2D eigenvalue weighted by molar-refractivity contribution is -0.0506. The summed E-state index contributed by atoms with van der Waals surface area (Å²) in [5.41, 5.74) is 0.246. The summed E-state index contributed by atoms with van der Waals surface area (Å²) < 4.78 is 34.4. The van der Waals surface area contributed by atoms with Gasteiger partial charge < -0.3 is 14.8 Å². The van der Waals surface area contributed by atoms with Gasteiger partial charge >= 0.3 is 6.61 Å². The molecule has 2 rings (SSSR count). The van der Waals surface area contributed by atoms with E-state index in [2.05, 4.69) is 30.7 Å². The molecule has 22 heavy (non-hydrogen) atoms. The Bertz CT molecular complexity index is 696. The van der Waals surface area contributed by atoms with Crippen LogP contribution in [-0.2, 0) is 0 Å². The zero-order valence-corrected chi connectivity index (χ0v) is 11.2. The van der Waals surface area contributed by atoms with Crippen LogP contribution in [0.1, 0.15) is 5.82 Å². The van der Waals surface area contributed by atoms with Gasteiger partial charge in [-0.05, 0) is 17.3 Å². The number of tetrazole rings is 1. The van der Waals surface area contributed by atoms with Crippen molar-refractivity contribution in [3.05, 3.63) is 30.2 Å². The molecule has 0 saturated heterocycles. The van der Waals surface area contributed by atoms with Crippen LogP contribution in [0.3, 0.4) is 0 Å². The molecule has 0 aliphatic heterocycles. The van der Waals surface area contributed by atoms with Crippen molar-refractivity contribution >= 4 is 11.3 Å². The average molecular weight is 308 g/mol. The highest BCUT2D eigenvalue weighted by Crippen LogP contribution is 2.36. The van der Waals surface area contributed by atoms with Crippen LogP contribution in [0.2, 0.25) is 0 Å². The third-order valence-electron chi connectivity index (χ3n) is 2.48. The Morgan fingerprint density at radius 1 is 1.50 bits per heavy atom. The summed E-state index contributed by atoms with van der Waals surface area (Å²) in [5, 5.41) is 24.6. The average Bonchev–Trinajstić information content (AvgIpc) is 3.03. The molecule has 0 aliphatic carbocycles. The Labute approximate surface area is 123 Å². The van der Waals surface area contributed by atoms with Gasteiger partial charge in [0, 0.05) is 6.20 Å². The maximum Gasteiger partial charge on any atom is 0.387 e. The Morgan fingerprint density at radius 3 is 2.91 bits per heavy atom. The number of ether oxygens (including phenoxy) is 2. The van der Waals surface area contributed by atoms with Gasteiger partial charge in [-0.1, -0.05) is 6.07 Å². The highest BCUT2D eigenvalue weighted by atomic mass is 19.3. The summed E-state index contributed by atoms with van der Waals surface area (Å²) in [6.07, 6.45) is 1.25. The largest absolute Gasteiger partial charge is 0.493 e. The second-order valence-corrected chi connectivity index (χ2v) is 3.77. The summed E-state index contributed by atoms with van der Waals surface area (Å²) in [4.78, 5) is 0. The maximum absolute atomic E-state index is 12.5. The SMILES string of the molecule is COc1cccc(NC=C(C#N)c2nn[nH]n2)c1OC(F)F. The number of nitrogens with zero attached hydrogens (tertiary/aromatic N) is 4. The first kappa shape index (κ1) is 15.2. The van der Waals surface area contributed by atoms with Crippen LogP contribution in [0.4, 0.5) is 14.5 Å². The predicted octanol–water partition coefficient (Wildman–Crippen LogP) is 1.79. The standard InChI is InChI=1S/C12H10F2N6O2/c1-21-9-4-2-3-8(10(9)22-12(13)14)16-6-7(5-15)11-17-19-20-18-11/h2-4,6,12,16H,1H3,(H,17,18,19,20). The van der Waals surface area contributed by atoms with Crippen LogP contribution in [0.5, 0.6) is 11.5 Å². The van der Waals surface area contributed by atoms with E-state index in [0.29, 0.717) is 0 Å². The van der Waals surface area contributed by atoms with E-state index >= 15 is 0 Å². The van der Waals surface area contributed by atoms with Crippen molar-refractivity contribution in [3.8, 4) is 17.6 Å². The van der Waals surface area contributed by atoms with Crippen LogP contribution in [-0.4, -0.2) is 34.3 Å². The van der Waals surface area contributed by atoms with Crippen LogP contribution in [0.25, 0.3) is 5.57 Å². The quantitative estimate of drug-likeness (QED) is 0.783. The first-order chi connectivity index (χ1) is 10.7. The van der Waals surface area contributed by atoms with E-state index < -0.39 is 6.61 Å². The fraction of sp³-hybridized carbons (Fsp3) is 0.167. The van der Waals surface area contributed by atoms with Gasteiger partial charge in [0.1, 0.15) is 11.6 Å². The van der Waals surface area contributed by atoms with E-state index in [-0.39, 0.29) is 28.6 Å². The zero-order valence-electron chi connectivity index (χ0n) is 11.2. The number of nitrogens with one attached hydrogen (secondary N) is 2. The number of methoxy groups -OCH3 is 1. The molecular weight excluding hydrogens is 298 g/mol. The van der Waals surface area contributed by atoms with Gasteiger partial charge in [0.2, 0.25) is 5.82 Å². The van der Waals surface area contributed by atoms with E-state index in [4.69, 9.17) is 10.00 Å². The van der Waals surface area contributed by atoms with E-state index in [1.165, 1.54) is 25.4 Å². The molecule has 2 aromatic rings. The summed E-state index contributed by atoms with van der Waals surface area (Å²) in [7, 11) is 1.33. The minimum absolute atomic E-state index is 0.0552. The highest BCUT2D eigenvalue weighted by molar-refractivity contribution is 5.75. The molecule has 2 N–H and O–H groups in total. The summed E-state index contributed by atoms with van der Waals surface area (Å²) in [6, 6.07) is 6.39. The van der Waals surface area contributed by atoms with Crippen LogP contribution >= 0.6 is 0 Å². The fourth-order valence-corrected chi connectivity index (χ4v) is 1.57. The molecule has 1 heterocycles. The lowest BCUT2D eigenvalue weighted by atomic mass is 10.2. The van der Waals surface area contributed by atoms with Crippen LogP contribution < -0.4 is 14.8 Å². The fourth-order valence-electron chi connectivity index (χ4n) is 1.57. The number of nitriles is 1. The zero-order chi connectivity index (χ0) is 15.9. The monoisotopic (exact) mass is 308 g/mol. The second kappa shape index (κ2) is 6.98. The molecule has 1 aromatic carbocycles. The van der Waals surface area contributed by atoms with Gasteiger partial charge in [0.25, 0.3) is 0 Å². The van der Waals surface area contributed by atoms with Crippen molar-refractivity contribution in [2.45, 2.75) is 6.61 Å². The number of aromatic nitrogens is 4. The van der Waals surface area contributed by atoms with Crippen molar-refractivity contribution in [2.24, 2.45) is 0 Å². The lowest BCUT2D eigenvalue weighted by Gasteiger charge is -2.14. The van der Waals surface area contributed by atoms with Crippen molar-refractivity contribution in [2.75, 3.05) is 12.4 Å². The first-order valence-corrected chi connectivity index (χ1v) is 5.88. The molecule has 114 valence electrons. The third-order valence-corrected chi connectivity index (χ3v) is 2.48. The molecule has 0 saturated carbocycles. The van der Waals surface area contributed by atoms with Crippen molar-refractivity contribution in [1.29, 1.82) is 5.26 Å². The molecule has 0 aliphatic rings. The number of aromatic amines is 1. The summed E-state index contributed by atoms with van der Waals surface area (Å²) in [6.45, 7) is -3.02. The maximum atomic E-state index is 12.5. The van der Waals surface area contributed by atoms with Gasteiger partial charge in [0.15, 0.2) is 11.5 Å². The Hall–Kier alpha value is -3.22. The molecular formula is C12H10F2N6O2. The third kappa shape index (κ3) is 3.45. The molecule has 0 amide bonds. The molecule has 0 bridgehead atoms. The van der Waals surface area contributed by atoms with E-state index in [1.807, 2.05) is 6.07 Å². The van der Waals surface area contributed by atoms with Gasteiger partial charge in [-0.15, -0.1) is 10.2 Å². The molecule has 10 heteroatoms. The number of para-hydroxylation sites is 1. The van der Waals surface area contributed by atoms with E-state index in [9.17, 15) is 8.78 Å². The topological polar surface area (TPSA) is 109 Å². The first-order valence-electron chi connectivity index (χ1n) is 5.88. The lowest BCUT2D eigenvalue weighted by Crippen LogP contribution is -2.06. The number of rotatable bonds is 6. The number of H-pyrrole nitrogens is 1. The van der Waals surface area contributed by atoms with Crippen LogP contribution in [0, 0.1) is 11.3 Å². The molecule has 0 spiro atoms.